The maximum Gasteiger partial charge on any atom is 0.0860 e. The van der Waals surface area contributed by atoms with E-state index >= 15 is 0 Å². The second kappa shape index (κ2) is 4.99. The van der Waals surface area contributed by atoms with E-state index in [1.165, 1.54) is 19.3 Å². The first-order chi connectivity index (χ1) is 9.79. The Bertz CT molecular complexity index is 544. The largest absolute Gasteiger partial charge is 0.307 e. The molecule has 3 atom stereocenters. The molecule has 0 aromatic carbocycles. The van der Waals surface area contributed by atoms with Crippen LogP contribution in [0.5, 0.6) is 0 Å². The molecule has 2 fully saturated rings. The molecule has 21 heavy (non-hydrogen) atoms. The van der Waals surface area contributed by atoms with Crippen LogP contribution in [0, 0.1) is 23.7 Å². The van der Waals surface area contributed by atoms with Crippen molar-refractivity contribution in [3.05, 3.63) is 16.4 Å². The number of aryl methyl sites for hydroxylation is 2. The standard InChI is InChI=1S/C17H28ClN3/c1-6-21-13(14(18)11(2)20-21)10-19-15-16(3,4)12-7-8-17(15,5)9-12/h12,15,19H,6-10H2,1-5H3. The molecule has 2 bridgehead atoms. The van der Waals surface area contributed by atoms with Crippen LogP contribution in [0.3, 0.4) is 0 Å². The number of nitrogens with zero attached hydrogens (tertiary/aromatic N) is 2. The number of hydrogen-bond donors (Lipinski definition) is 1. The lowest BCUT2D eigenvalue weighted by atomic mass is 9.68. The Morgan fingerprint density at radius 3 is 2.67 bits per heavy atom. The average Bonchev–Trinajstić information content (AvgIpc) is 2.99. The Hall–Kier alpha value is -0.540. The molecule has 1 aromatic rings. The smallest absolute Gasteiger partial charge is 0.0860 e. The van der Waals surface area contributed by atoms with E-state index in [2.05, 4.69) is 38.1 Å². The quantitative estimate of drug-likeness (QED) is 0.904. The van der Waals surface area contributed by atoms with Crippen molar-refractivity contribution in [2.45, 2.75) is 73.0 Å². The summed E-state index contributed by atoms with van der Waals surface area (Å²) in [5, 5.41) is 9.19. The fraction of sp³-hybridized carbons (Fsp3) is 0.824. The first kappa shape index (κ1) is 15.4. The summed E-state index contributed by atoms with van der Waals surface area (Å²) in [5.41, 5.74) is 2.91. The summed E-state index contributed by atoms with van der Waals surface area (Å²) in [6.07, 6.45) is 4.13. The lowest BCUT2D eigenvalue weighted by molar-refractivity contribution is 0.107. The second-order valence-corrected chi connectivity index (χ2v) is 8.27. The minimum atomic E-state index is 0.381. The van der Waals surface area contributed by atoms with E-state index in [1.54, 1.807) is 0 Å². The van der Waals surface area contributed by atoms with Gasteiger partial charge in [0, 0.05) is 19.1 Å². The third kappa shape index (κ3) is 2.24. The van der Waals surface area contributed by atoms with Crippen LogP contribution < -0.4 is 5.32 Å². The number of hydrogen-bond acceptors (Lipinski definition) is 2. The molecule has 2 aliphatic rings. The van der Waals surface area contributed by atoms with Gasteiger partial charge in [-0.05, 0) is 49.9 Å². The third-order valence-corrected chi connectivity index (χ3v) is 6.69. The molecule has 1 N–H and O–H groups in total. The Kier molecular flexibility index (Phi) is 3.65. The Balaban J connectivity index is 1.79. The minimum absolute atomic E-state index is 0.381. The van der Waals surface area contributed by atoms with Crippen molar-refractivity contribution in [3.63, 3.8) is 0 Å². The zero-order valence-corrected chi connectivity index (χ0v) is 14.7. The van der Waals surface area contributed by atoms with E-state index in [9.17, 15) is 0 Å². The van der Waals surface area contributed by atoms with Crippen LogP contribution in [0.1, 0.15) is 58.3 Å². The Morgan fingerprint density at radius 2 is 2.10 bits per heavy atom. The van der Waals surface area contributed by atoms with Gasteiger partial charge in [-0.15, -0.1) is 0 Å². The van der Waals surface area contributed by atoms with Gasteiger partial charge in [0.05, 0.1) is 16.4 Å². The third-order valence-electron chi connectivity index (χ3n) is 6.20. The number of rotatable bonds is 4. The van der Waals surface area contributed by atoms with Crippen LogP contribution in [0.4, 0.5) is 0 Å². The molecule has 4 heteroatoms. The summed E-state index contributed by atoms with van der Waals surface area (Å²) in [7, 11) is 0. The SMILES string of the molecule is CCn1nc(C)c(Cl)c1CNC1C2(C)CCC(C2)C1(C)C. The minimum Gasteiger partial charge on any atom is -0.307 e. The second-order valence-electron chi connectivity index (χ2n) is 7.89. The topological polar surface area (TPSA) is 29.9 Å². The van der Waals surface area contributed by atoms with Gasteiger partial charge in [-0.2, -0.15) is 5.10 Å². The number of fused-ring (bicyclic) bond motifs is 2. The predicted octanol–water partition coefficient (Wildman–Crippen LogP) is 4.17. The summed E-state index contributed by atoms with van der Waals surface area (Å²) < 4.78 is 2.03. The summed E-state index contributed by atoms with van der Waals surface area (Å²) in [6.45, 7) is 13.1. The zero-order chi connectivity index (χ0) is 15.4. The van der Waals surface area contributed by atoms with Crippen LogP contribution in [-0.2, 0) is 13.1 Å². The van der Waals surface area contributed by atoms with Crippen LogP contribution in [-0.4, -0.2) is 15.8 Å². The molecule has 1 heterocycles. The van der Waals surface area contributed by atoms with E-state index in [-0.39, 0.29) is 0 Å². The number of aromatic nitrogens is 2. The van der Waals surface area contributed by atoms with Gasteiger partial charge in [0.15, 0.2) is 0 Å². The lowest BCUT2D eigenvalue weighted by Crippen LogP contribution is -2.50. The highest BCUT2D eigenvalue weighted by Crippen LogP contribution is 2.62. The molecule has 0 saturated heterocycles. The number of nitrogens with one attached hydrogen (secondary N) is 1. The molecule has 0 radical (unpaired) electrons. The van der Waals surface area contributed by atoms with Gasteiger partial charge in [-0.3, -0.25) is 4.68 Å². The summed E-state index contributed by atoms with van der Waals surface area (Å²) in [6, 6.07) is 0.570. The average molecular weight is 310 g/mol. The normalized spacial score (nSPS) is 33.8. The fourth-order valence-electron chi connectivity index (χ4n) is 5.05. The molecule has 118 valence electrons. The molecule has 3 rings (SSSR count). The van der Waals surface area contributed by atoms with Crippen molar-refractivity contribution in [1.82, 2.24) is 15.1 Å². The molecule has 1 aromatic heterocycles. The molecule has 3 unspecified atom stereocenters. The van der Waals surface area contributed by atoms with Crippen molar-refractivity contribution < 1.29 is 0 Å². The predicted molar refractivity (Wildman–Crippen MR) is 87.5 cm³/mol. The van der Waals surface area contributed by atoms with Crippen LogP contribution in [0.15, 0.2) is 0 Å². The molecule has 2 saturated carbocycles. The first-order valence-electron chi connectivity index (χ1n) is 8.24. The van der Waals surface area contributed by atoms with E-state index in [0.29, 0.717) is 16.9 Å². The van der Waals surface area contributed by atoms with Crippen molar-refractivity contribution in [2.24, 2.45) is 16.7 Å². The summed E-state index contributed by atoms with van der Waals surface area (Å²) in [4.78, 5) is 0. The van der Waals surface area contributed by atoms with E-state index in [0.717, 1.165) is 35.4 Å². The van der Waals surface area contributed by atoms with Gasteiger partial charge in [-0.1, -0.05) is 32.4 Å². The van der Waals surface area contributed by atoms with Crippen molar-refractivity contribution in [2.75, 3.05) is 0 Å². The van der Waals surface area contributed by atoms with Gasteiger partial charge in [0.25, 0.3) is 0 Å². The van der Waals surface area contributed by atoms with Crippen molar-refractivity contribution >= 4 is 11.6 Å². The highest BCUT2D eigenvalue weighted by molar-refractivity contribution is 6.31. The maximum absolute atomic E-state index is 6.44. The van der Waals surface area contributed by atoms with E-state index < -0.39 is 0 Å². The highest BCUT2D eigenvalue weighted by Gasteiger charge is 2.58. The van der Waals surface area contributed by atoms with E-state index in [1.807, 2.05) is 11.6 Å². The van der Waals surface area contributed by atoms with Crippen LogP contribution in [0.25, 0.3) is 0 Å². The van der Waals surface area contributed by atoms with Gasteiger partial charge in [-0.25, -0.2) is 0 Å². The summed E-state index contributed by atoms with van der Waals surface area (Å²) in [5.74, 6) is 0.869. The van der Waals surface area contributed by atoms with Gasteiger partial charge < -0.3 is 5.32 Å². The van der Waals surface area contributed by atoms with Gasteiger partial charge in [0.2, 0.25) is 0 Å². The zero-order valence-electron chi connectivity index (χ0n) is 14.0. The lowest BCUT2D eigenvalue weighted by Gasteiger charge is -2.43. The number of halogens is 1. The highest BCUT2D eigenvalue weighted by atomic mass is 35.5. The van der Waals surface area contributed by atoms with Gasteiger partial charge in [0.1, 0.15) is 0 Å². The van der Waals surface area contributed by atoms with Crippen LogP contribution in [0.2, 0.25) is 5.02 Å². The molecule has 0 spiro atoms. The Labute approximate surface area is 133 Å². The molecular weight excluding hydrogens is 282 g/mol. The monoisotopic (exact) mass is 309 g/mol. The molecule has 2 aliphatic carbocycles. The van der Waals surface area contributed by atoms with Gasteiger partial charge >= 0.3 is 0 Å². The molecule has 0 aliphatic heterocycles. The van der Waals surface area contributed by atoms with Crippen LogP contribution >= 0.6 is 11.6 Å². The molecule has 3 nitrogen and oxygen atoms in total. The first-order valence-corrected chi connectivity index (χ1v) is 8.62. The molecule has 0 amide bonds. The maximum atomic E-state index is 6.44. The van der Waals surface area contributed by atoms with Crippen molar-refractivity contribution in [3.8, 4) is 0 Å². The molecular formula is C17H28ClN3. The Morgan fingerprint density at radius 1 is 1.38 bits per heavy atom. The van der Waals surface area contributed by atoms with E-state index in [4.69, 9.17) is 11.6 Å². The summed E-state index contributed by atoms with van der Waals surface area (Å²) >= 11 is 6.44. The van der Waals surface area contributed by atoms with Crippen molar-refractivity contribution in [1.29, 1.82) is 0 Å². The fourth-order valence-corrected chi connectivity index (χ4v) is 5.25.